The molecule has 0 aliphatic carbocycles. The van der Waals surface area contributed by atoms with Crippen molar-refractivity contribution in [1.29, 1.82) is 0 Å². The number of likely N-dealkylation sites (tertiary alicyclic amines) is 1. The molecule has 20 heavy (non-hydrogen) atoms. The molecule has 2 aromatic heterocycles. The fourth-order valence-corrected chi connectivity index (χ4v) is 2.11. The molecule has 6 heteroatoms. The maximum atomic E-state index is 12.2. The number of carbonyl (C=O) groups excluding carboxylic acids is 1. The molecule has 0 radical (unpaired) electrons. The van der Waals surface area contributed by atoms with Crippen LogP contribution in [-0.4, -0.2) is 44.8 Å². The van der Waals surface area contributed by atoms with E-state index in [1.54, 1.807) is 28.0 Å². The van der Waals surface area contributed by atoms with E-state index in [4.69, 9.17) is 4.74 Å². The van der Waals surface area contributed by atoms with Crippen LogP contribution in [0.25, 0.3) is 0 Å². The highest BCUT2D eigenvalue weighted by Gasteiger charge is 2.33. The summed E-state index contributed by atoms with van der Waals surface area (Å²) in [5.74, 6) is 0.744. The van der Waals surface area contributed by atoms with Crippen molar-refractivity contribution < 1.29 is 9.53 Å². The lowest BCUT2D eigenvalue weighted by molar-refractivity contribution is 0.0172. The van der Waals surface area contributed by atoms with Gasteiger partial charge in [-0.05, 0) is 25.1 Å². The normalized spacial score (nSPS) is 15.0. The number of nitrogens with zero attached hydrogens (tertiary/aromatic N) is 4. The number of aryl methyl sites for hydroxylation is 2. The topological polar surface area (TPSA) is 60.3 Å². The third-order valence-electron chi connectivity index (χ3n) is 3.42. The Balaban J connectivity index is 1.56. The zero-order valence-corrected chi connectivity index (χ0v) is 11.5. The molecule has 1 saturated heterocycles. The van der Waals surface area contributed by atoms with Gasteiger partial charge in [0.15, 0.2) is 5.69 Å². The molecule has 3 heterocycles. The third-order valence-corrected chi connectivity index (χ3v) is 3.42. The van der Waals surface area contributed by atoms with Crippen LogP contribution < -0.4 is 4.74 Å². The van der Waals surface area contributed by atoms with Crippen LogP contribution >= 0.6 is 0 Å². The second-order valence-corrected chi connectivity index (χ2v) is 4.93. The van der Waals surface area contributed by atoms with Crippen molar-refractivity contribution >= 4 is 5.91 Å². The zero-order chi connectivity index (χ0) is 14.1. The molecule has 0 unspecified atom stereocenters. The Morgan fingerprint density at radius 1 is 1.35 bits per heavy atom. The summed E-state index contributed by atoms with van der Waals surface area (Å²) >= 11 is 0. The Hall–Kier alpha value is -2.37. The van der Waals surface area contributed by atoms with Gasteiger partial charge >= 0.3 is 0 Å². The largest absolute Gasteiger partial charge is 0.487 e. The second kappa shape index (κ2) is 4.96. The Labute approximate surface area is 117 Å². The van der Waals surface area contributed by atoms with Crippen molar-refractivity contribution in [2.24, 2.45) is 7.05 Å². The lowest BCUT2D eigenvalue weighted by atomic mass is 10.1. The second-order valence-electron chi connectivity index (χ2n) is 4.93. The summed E-state index contributed by atoms with van der Waals surface area (Å²) in [6, 6.07) is 5.43. The quantitative estimate of drug-likeness (QED) is 0.837. The van der Waals surface area contributed by atoms with Gasteiger partial charge in [-0.3, -0.25) is 14.5 Å². The highest BCUT2D eigenvalue weighted by molar-refractivity contribution is 5.93. The van der Waals surface area contributed by atoms with Gasteiger partial charge in [-0.2, -0.15) is 5.10 Å². The number of amides is 1. The molecule has 0 spiro atoms. The Morgan fingerprint density at radius 3 is 2.65 bits per heavy atom. The molecule has 0 aromatic carbocycles. The molecule has 0 bridgehead atoms. The molecule has 6 nitrogen and oxygen atoms in total. The van der Waals surface area contributed by atoms with E-state index in [-0.39, 0.29) is 12.0 Å². The minimum Gasteiger partial charge on any atom is -0.487 e. The molecule has 1 aliphatic heterocycles. The van der Waals surface area contributed by atoms with Gasteiger partial charge < -0.3 is 9.64 Å². The van der Waals surface area contributed by atoms with Gasteiger partial charge in [0.2, 0.25) is 0 Å². The van der Waals surface area contributed by atoms with Gasteiger partial charge in [0.05, 0.1) is 13.1 Å². The van der Waals surface area contributed by atoms with Crippen molar-refractivity contribution in [3.05, 3.63) is 42.0 Å². The molecule has 0 saturated carbocycles. The lowest BCUT2D eigenvalue weighted by Gasteiger charge is -2.38. The molecular formula is C14H16N4O2. The first-order valence-corrected chi connectivity index (χ1v) is 6.50. The Kier molecular flexibility index (Phi) is 3.14. The average molecular weight is 272 g/mol. The van der Waals surface area contributed by atoms with Gasteiger partial charge in [0.1, 0.15) is 11.9 Å². The number of ether oxygens (including phenoxy) is 1. The first-order chi connectivity index (χ1) is 9.63. The van der Waals surface area contributed by atoms with Crippen LogP contribution in [0.3, 0.4) is 0 Å². The number of aromatic nitrogens is 3. The summed E-state index contributed by atoms with van der Waals surface area (Å²) in [4.78, 5) is 17.9. The van der Waals surface area contributed by atoms with Crippen molar-refractivity contribution in [2.75, 3.05) is 13.1 Å². The van der Waals surface area contributed by atoms with Crippen molar-refractivity contribution in [3.8, 4) is 5.75 Å². The first kappa shape index (κ1) is 12.7. The van der Waals surface area contributed by atoms with Crippen molar-refractivity contribution in [2.45, 2.75) is 13.0 Å². The van der Waals surface area contributed by atoms with Crippen LogP contribution in [0, 0.1) is 6.92 Å². The fourth-order valence-electron chi connectivity index (χ4n) is 2.11. The smallest absolute Gasteiger partial charge is 0.274 e. The molecule has 0 N–H and O–H groups in total. The molecular weight excluding hydrogens is 256 g/mol. The summed E-state index contributed by atoms with van der Waals surface area (Å²) < 4.78 is 7.44. The number of hydrogen-bond acceptors (Lipinski definition) is 4. The average Bonchev–Trinajstić information content (AvgIpc) is 2.74. The van der Waals surface area contributed by atoms with Gasteiger partial charge in [-0.25, -0.2) is 0 Å². The molecule has 1 amide bonds. The van der Waals surface area contributed by atoms with Crippen LogP contribution in [-0.2, 0) is 7.05 Å². The maximum Gasteiger partial charge on any atom is 0.274 e. The Bertz CT molecular complexity index is 598. The van der Waals surface area contributed by atoms with E-state index in [1.807, 2.05) is 26.1 Å². The van der Waals surface area contributed by atoms with Crippen LogP contribution in [0.2, 0.25) is 0 Å². The minimum absolute atomic E-state index is 0.0386. The minimum atomic E-state index is -0.0386. The molecule has 1 aliphatic rings. The summed E-state index contributed by atoms with van der Waals surface area (Å²) in [5, 5.41) is 4.20. The third kappa shape index (κ3) is 2.36. The van der Waals surface area contributed by atoms with Gasteiger partial charge in [-0.15, -0.1) is 0 Å². The molecule has 3 rings (SSSR count). The fraction of sp³-hybridized carbons (Fsp3) is 0.357. The molecule has 2 aromatic rings. The number of hydrogen-bond donors (Lipinski definition) is 0. The van der Waals surface area contributed by atoms with Crippen LogP contribution in [0.5, 0.6) is 5.75 Å². The summed E-state index contributed by atoms with van der Waals surface area (Å²) in [5.41, 5.74) is 1.46. The van der Waals surface area contributed by atoms with Crippen molar-refractivity contribution in [3.63, 3.8) is 0 Å². The highest BCUT2D eigenvalue weighted by Crippen LogP contribution is 2.19. The van der Waals surface area contributed by atoms with Crippen molar-refractivity contribution in [1.82, 2.24) is 19.7 Å². The lowest BCUT2D eigenvalue weighted by Crippen LogP contribution is -2.56. The molecule has 0 atom stereocenters. The van der Waals surface area contributed by atoms with Crippen LogP contribution in [0.15, 0.2) is 30.6 Å². The SMILES string of the molecule is Cc1cc(C(=O)N2CC(Oc3ccncc3)C2)nn1C. The van der Waals surface area contributed by atoms with E-state index in [0.29, 0.717) is 18.8 Å². The van der Waals surface area contributed by atoms with E-state index in [9.17, 15) is 4.79 Å². The predicted molar refractivity (Wildman–Crippen MR) is 72.5 cm³/mol. The summed E-state index contributed by atoms with van der Waals surface area (Å²) in [7, 11) is 1.83. The van der Waals surface area contributed by atoms with E-state index < -0.39 is 0 Å². The number of rotatable bonds is 3. The Morgan fingerprint density at radius 2 is 2.05 bits per heavy atom. The molecule has 104 valence electrons. The maximum absolute atomic E-state index is 12.2. The predicted octanol–water partition coefficient (Wildman–Crippen LogP) is 1.03. The van der Waals surface area contributed by atoms with Gasteiger partial charge in [-0.1, -0.05) is 0 Å². The zero-order valence-electron chi connectivity index (χ0n) is 11.5. The highest BCUT2D eigenvalue weighted by atomic mass is 16.5. The summed E-state index contributed by atoms with van der Waals surface area (Å²) in [6.07, 6.45) is 3.42. The van der Waals surface area contributed by atoms with E-state index >= 15 is 0 Å². The van der Waals surface area contributed by atoms with Gasteiger partial charge in [0.25, 0.3) is 5.91 Å². The van der Waals surface area contributed by atoms with E-state index in [0.717, 1.165) is 11.4 Å². The first-order valence-electron chi connectivity index (χ1n) is 6.50. The monoisotopic (exact) mass is 272 g/mol. The van der Waals surface area contributed by atoms with Crippen LogP contribution in [0.1, 0.15) is 16.2 Å². The van der Waals surface area contributed by atoms with E-state index in [2.05, 4.69) is 10.1 Å². The number of pyridine rings is 1. The number of carbonyl (C=O) groups is 1. The van der Waals surface area contributed by atoms with Gasteiger partial charge in [0, 0.05) is 25.1 Å². The van der Waals surface area contributed by atoms with Crippen LogP contribution in [0.4, 0.5) is 0 Å². The summed E-state index contributed by atoms with van der Waals surface area (Å²) in [6.45, 7) is 3.11. The van der Waals surface area contributed by atoms with E-state index in [1.165, 1.54) is 0 Å². The standard InChI is InChI=1S/C14H16N4O2/c1-10-7-13(16-17(10)2)14(19)18-8-12(9-18)20-11-3-5-15-6-4-11/h3-7,12H,8-9H2,1-2H3. The molecule has 1 fully saturated rings.